The lowest BCUT2D eigenvalue weighted by Crippen LogP contribution is -3.00. The van der Waals surface area contributed by atoms with E-state index in [9.17, 15) is 4.79 Å². The first kappa shape index (κ1) is 15.5. The second kappa shape index (κ2) is 6.14. The summed E-state index contributed by atoms with van der Waals surface area (Å²) in [5.74, 6) is 2.97. The molecule has 1 amide bonds. The maximum absolute atomic E-state index is 12.4. The fraction of sp³-hybridized carbons (Fsp3) is 0.632. The predicted octanol–water partition coefficient (Wildman–Crippen LogP) is 2.88. The van der Waals surface area contributed by atoms with Crippen LogP contribution in [0.25, 0.3) is 0 Å². The molecule has 23 heavy (non-hydrogen) atoms. The Morgan fingerprint density at radius 2 is 1.78 bits per heavy atom. The molecule has 0 radical (unpaired) electrons. The van der Waals surface area contributed by atoms with Crippen molar-refractivity contribution in [1.82, 2.24) is 0 Å². The van der Waals surface area contributed by atoms with Crippen molar-refractivity contribution >= 4 is 23.4 Å². The van der Waals surface area contributed by atoms with Crippen LogP contribution in [0.15, 0.2) is 29.2 Å². The molecule has 4 aliphatic carbocycles. The summed E-state index contributed by atoms with van der Waals surface area (Å²) in [6.07, 6.45) is 10.4. The molecule has 0 atom stereocenters. The van der Waals surface area contributed by atoms with Crippen LogP contribution in [0.5, 0.6) is 0 Å². The Labute approximate surface area is 143 Å². The van der Waals surface area contributed by atoms with Gasteiger partial charge in [0.1, 0.15) is 0 Å². The summed E-state index contributed by atoms with van der Waals surface area (Å²) in [5, 5.41) is 5.49. The summed E-state index contributed by atoms with van der Waals surface area (Å²) in [6, 6.07) is 8.05. The van der Waals surface area contributed by atoms with Gasteiger partial charge in [-0.2, -0.15) is 0 Å². The van der Waals surface area contributed by atoms with Crippen LogP contribution in [0.1, 0.15) is 38.5 Å². The van der Waals surface area contributed by atoms with Crippen LogP contribution in [-0.4, -0.2) is 24.2 Å². The van der Waals surface area contributed by atoms with Gasteiger partial charge in [0.2, 0.25) is 0 Å². The summed E-state index contributed by atoms with van der Waals surface area (Å²) < 4.78 is 0. The number of nitrogens with one attached hydrogen (secondary N) is 1. The molecule has 124 valence electrons. The second-order valence-corrected chi connectivity index (χ2v) is 8.78. The highest BCUT2D eigenvalue weighted by Crippen LogP contribution is 2.54. The Morgan fingerprint density at radius 3 is 2.39 bits per heavy atom. The number of hydrogen-bond donors (Lipinski definition) is 2. The molecule has 4 aliphatic rings. The molecule has 4 fully saturated rings. The first-order chi connectivity index (χ1) is 11.2. The minimum Gasteiger partial charge on any atom is -0.334 e. The highest BCUT2D eigenvalue weighted by molar-refractivity contribution is 7.98. The molecule has 0 heterocycles. The zero-order valence-electron chi connectivity index (χ0n) is 13.9. The van der Waals surface area contributed by atoms with E-state index in [0.29, 0.717) is 12.1 Å². The summed E-state index contributed by atoms with van der Waals surface area (Å²) in [5.41, 5.74) is 1.33. The van der Waals surface area contributed by atoms with Gasteiger partial charge in [-0.25, -0.2) is 0 Å². The van der Waals surface area contributed by atoms with Crippen molar-refractivity contribution in [2.75, 3.05) is 18.1 Å². The van der Waals surface area contributed by atoms with Gasteiger partial charge in [0.25, 0.3) is 5.91 Å². The van der Waals surface area contributed by atoms with Crippen molar-refractivity contribution in [2.45, 2.75) is 49.0 Å². The molecule has 4 saturated carbocycles. The molecule has 1 aromatic carbocycles. The van der Waals surface area contributed by atoms with Crippen molar-refractivity contribution in [3.8, 4) is 0 Å². The number of thioether (sulfide) groups is 1. The Morgan fingerprint density at radius 1 is 1.17 bits per heavy atom. The average Bonchev–Trinajstić information content (AvgIpc) is 2.52. The molecule has 4 heteroatoms. The van der Waals surface area contributed by atoms with Crippen LogP contribution in [0.4, 0.5) is 5.69 Å². The van der Waals surface area contributed by atoms with E-state index in [1.165, 1.54) is 38.5 Å². The second-order valence-electron chi connectivity index (χ2n) is 7.94. The van der Waals surface area contributed by atoms with Gasteiger partial charge < -0.3 is 10.6 Å². The Bertz CT molecular complexity index is 566. The van der Waals surface area contributed by atoms with E-state index < -0.39 is 0 Å². The number of amides is 1. The topological polar surface area (TPSA) is 45.7 Å². The predicted molar refractivity (Wildman–Crippen MR) is 94.5 cm³/mol. The number of hydrogen-bond acceptors (Lipinski definition) is 2. The van der Waals surface area contributed by atoms with Gasteiger partial charge in [-0.15, -0.1) is 11.8 Å². The van der Waals surface area contributed by atoms with Crippen LogP contribution < -0.4 is 10.6 Å². The molecule has 3 nitrogen and oxygen atoms in total. The highest BCUT2D eigenvalue weighted by Gasteiger charge is 2.53. The molecule has 0 aliphatic heterocycles. The van der Waals surface area contributed by atoms with Crippen molar-refractivity contribution in [3.05, 3.63) is 24.3 Å². The van der Waals surface area contributed by atoms with E-state index in [2.05, 4.69) is 16.7 Å². The third-order valence-electron chi connectivity index (χ3n) is 6.19. The lowest BCUT2D eigenvalue weighted by Gasteiger charge is -2.54. The third kappa shape index (κ3) is 3.16. The Hall–Kier alpha value is -1.00. The number of rotatable bonds is 5. The molecule has 1 aromatic rings. The summed E-state index contributed by atoms with van der Waals surface area (Å²) >= 11 is 1.68. The SMILES string of the molecule is CSc1ccccc1NC(=O)C[NH2+]C12CC3CC(CC(C3)C1)C2. The zero-order chi connectivity index (χ0) is 15.9. The van der Waals surface area contributed by atoms with Crippen molar-refractivity contribution in [2.24, 2.45) is 17.8 Å². The van der Waals surface area contributed by atoms with Crippen LogP contribution >= 0.6 is 11.8 Å². The quantitative estimate of drug-likeness (QED) is 0.815. The van der Waals surface area contributed by atoms with Gasteiger partial charge in [-0.1, -0.05) is 12.1 Å². The molecule has 0 saturated heterocycles. The third-order valence-corrected chi connectivity index (χ3v) is 6.98. The monoisotopic (exact) mass is 331 g/mol. The fourth-order valence-electron chi connectivity index (χ4n) is 5.69. The maximum atomic E-state index is 12.4. The van der Waals surface area contributed by atoms with Gasteiger partial charge in [-0.05, 0) is 55.4 Å². The van der Waals surface area contributed by atoms with E-state index in [4.69, 9.17) is 0 Å². The summed E-state index contributed by atoms with van der Waals surface area (Å²) in [6.45, 7) is 0.564. The minimum atomic E-state index is 0.141. The normalized spacial score (nSPS) is 34.6. The number of anilines is 1. The van der Waals surface area contributed by atoms with E-state index in [1.54, 1.807) is 11.8 Å². The molecule has 0 unspecified atom stereocenters. The highest BCUT2D eigenvalue weighted by atomic mass is 32.2. The molecule has 4 bridgehead atoms. The fourth-order valence-corrected chi connectivity index (χ4v) is 6.24. The summed E-state index contributed by atoms with van der Waals surface area (Å²) in [7, 11) is 0. The number of benzene rings is 1. The van der Waals surface area contributed by atoms with Crippen molar-refractivity contribution in [3.63, 3.8) is 0 Å². The first-order valence-electron chi connectivity index (χ1n) is 8.93. The van der Waals surface area contributed by atoms with E-state index >= 15 is 0 Å². The van der Waals surface area contributed by atoms with Gasteiger partial charge >= 0.3 is 0 Å². The zero-order valence-corrected chi connectivity index (χ0v) is 14.7. The standard InChI is InChI=1S/C19H26N2OS/c1-23-17-5-3-2-4-16(17)21-18(22)12-20-19-9-13-6-14(10-19)8-15(7-13)11-19/h2-5,13-15,20H,6-12H2,1H3,(H,21,22)/p+1. The smallest absolute Gasteiger partial charge is 0.279 e. The Kier molecular flexibility index (Phi) is 4.14. The van der Waals surface area contributed by atoms with Crippen molar-refractivity contribution in [1.29, 1.82) is 0 Å². The molecule has 5 rings (SSSR count). The lowest BCUT2D eigenvalue weighted by molar-refractivity contribution is -0.729. The van der Waals surface area contributed by atoms with Gasteiger partial charge in [-0.3, -0.25) is 4.79 Å². The largest absolute Gasteiger partial charge is 0.334 e. The van der Waals surface area contributed by atoms with Crippen LogP contribution in [0.3, 0.4) is 0 Å². The number of carbonyl (C=O) groups excluding carboxylic acids is 1. The number of carbonyl (C=O) groups is 1. The van der Waals surface area contributed by atoms with Gasteiger partial charge in [0.15, 0.2) is 6.54 Å². The molecular formula is C19H27N2OS+. The molecule has 3 N–H and O–H groups in total. The molecule has 0 aromatic heterocycles. The van der Waals surface area contributed by atoms with E-state index in [1.807, 2.05) is 24.5 Å². The van der Waals surface area contributed by atoms with Gasteiger partial charge in [0, 0.05) is 24.2 Å². The van der Waals surface area contributed by atoms with Crippen LogP contribution in [-0.2, 0) is 4.79 Å². The number of nitrogens with two attached hydrogens (primary N) is 1. The lowest BCUT2D eigenvalue weighted by atomic mass is 9.53. The Balaban J connectivity index is 1.37. The van der Waals surface area contributed by atoms with Crippen LogP contribution in [0.2, 0.25) is 0 Å². The number of para-hydroxylation sites is 1. The molecule has 0 spiro atoms. The molecular weight excluding hydrogens is 304 g/mol. The maximum Gasteiger partial charge on any atom is 0.279 e. The number of quaternary nitrogens is 1. The van der Waals surface area contributed by atoms with E-state index in [0.717, 1.165) is 28.3 Å². The minimum absolute atomic E-state index is 0.141. The first-order valence-corrected chi connectivity index (χ1v) is 10.2. The van der Waals surface area contributed by atoms with E-state index in [-0.39, 0.29) is 5.91 Å². The average molecular weight is 332 g/mol. The summed E-state index contributed by atoms with van der Waals surface area (Å²) in [4.78, 5) is 13.6. The van der Waals surface area contributed by atoms with Gasteiger partial charge in [0.05, 0.1) is 11.2 Å². The van der Waals surface area contributed by atoms with Crippen molar-refractivity contribution < 1.29 is 10.1 Å². The van der Waals surface area contributed by atoms with Crippen LogP contribution in [0, 0.1) is 17.8 Å².